The van der Waals surface area contributed by atoms with Crippen LogP contribution in [-0.2, 0) is 4.74 Å². The number of hydrogen-bond acceptors (Lipinski definition) is 3. The molecule has 3 N–H and O–H groups in total. The van der Waals surface area contributed by atoms with Crippen molar-refractivity contribution in [3.8, 4) is 0 Å². The maximum absolute atomic E-state index is 12.0. The predicted octanol–water partition coefficient (Wildman–Crippen LogP) is 1.49. The number of nitrogens with two attached hydrogens (primary N) is 1. The molecule has 0 aromatic heterocycles. The lowest BCUT2D eigenvalue weighted by atomic mass is 10.1. The van der Waals surface area contributed by atoms with Gasteiger partial charge < -0.3 is 15.8 Å². The maximum Gasteiger partial charge on any atom is 0.253 e. The highest BCUT2D eigenvalue weighted by Crippen LogP contribution is 2.16. The molecular formula is C13H18N2O2. The molecule has 1 saturated heterocycles. The summed E-state index contributed by atoms with van der Waals surface area (Å²) in [5.74, 6) is -0.115. The van der Waals surface area contributed by atoms with E-state index >= 15 is 0 Å². The highest BCUT2D eigenvalue weighted by Gasteiger charge is 2.18. The topological polar surface area (TPSA) is 64.4 Å². The molecule has 92 valence electrons. The van der Waals surface area contributed by atoms with Gasteiger partial charge in [0.15, 0.2) is 0 Å². The first-order valence-corrected chi connectivity index (χ1v) is 5.93. The van der Waals surface area contributed by atoms with Crippen molar-refractivity contribution in [1.29, 1.82) is 0 Å². The minimum atomic E-state index is -0.115. The lowest BCUT2D eigenvalue weighted by Gasteiger charge is -2.13. The van der Waals surface area contributed by atoms with Gasteiger partial charge in [-0.1, -0.05) is 12.1 Å². The average Bonchev–Trinajstić information content (AvgIpc) is 2.79. The summed E-state index contributed by atoms with van der Waals surface area (Å²) in [5.41, 5.74) is 7.81. The Labute approximate surface area is 101 Å². The van der Waals surface area contributed by atoms with Crippen molar-refractivity contribution in [2.45, 2.75) is 25.9 Å². The Balaban J connectivity index is 1.99. The zero-order valence-electron chi connectivity index (χ0n) is 10.0. The molecule has 0 bridgehead atoms. The summed E-state index contributed by atoms with van der Waals surface area (Å²) in [4.78, 5) is 12.0. The Kier molecular flexibility index (Phi) is 3.64. The molecule has 0 aliphatic carbocycles. The van der Waals surface area contributed by atoms with Gasteiger partial charge in [-0.05, 0) is 31.4 Å². The van der Waals surface area contributed by atoms with E-state index in [1.165, 1.54) is 0 Å². The maximum atomic E-state index is 12.0. The molecule has 1 atom stereocenters. The monoisotopic (exact) mass is 234 g/mol. The van der Waals surface area contributed by atoms with Crippen molar-refractivity contribution in [1.82, 2.24) is 5.32 Å². The summed E-state index contributed by atoms with van der Waals surface area (Å²) in [6.07, 6.45) is 2.25. The van der Waals surface area contributed by atoms with Crippen LogP contribution in [0.5, 0.6) is 0 Å². The summed E-state index contributed by atoms with van der Waals surface area (Å²) in [5, 5.41) is 2.88. The summed E-state index contributed by atoms with van der Waals surface area (Å²) >= 11 is 0. The van der Waals surface area contributed by atoms with Crippen LogP contribution in [0.1, 0.15) is 28.8 Å². The van der Waals surface area contributed by atoms with Crippen LogP contribution in [0.2, 0.25) is 0 Å². The molecule has 2 rings (SSSR count). The third kappa shape index (κ3) is 2.77. The average molecular weight is 234 g/mol. The molecule has 17 heavy (non-hydrogen) atoms. The van der Waals surface area contributed by atoms with Crippen LogP contribution < -0.4 is 11.1 Å². The highest BCUT2D eigenvalue weighted by atomic mass is 16.5. The number of nitrogens with one attached hydrogen (secondary N) is 1. The van der Waals surface area contributed by atoms with E-state index in [2.05, 4.69) is 5.32 Å². The fourth-order valence-electron chi connectivity index (χ4n) is 2.10. The minimum Gasteiger partial charge on any atom is -0.398 e. The Morgan fingerprint density at radius 3 is 3.06 bits per heavy atom. The van der Waals surface area contributed by atoms with Gasteiger partial charge in [-0.2, -0.15) is 0 Å². The molecule has 1 aromatic rings. The molecule has 1 unspecified atom stereocenters. The van der Waals surface area contributed by atoms with Crippen LogP contribution in [0.25, 0.3) is 0 Å². The lowest BCUT2D eigenvalue weighted by molar-refractivity contribution is 0.0858. The van der Waals surface area contributed by atoms with Gasteiger partial charge in [-0.15, -0.1) is 0 Å². The Hall–Kier alpha value is -1.55. The van der Waals surface area contributed by atoms with Crippen LogP contribution in [0.15, 0.2) is 18.2 Å². The van der Waals surface area contributed by atoms with Crippen molar-refractivity contribution in [3.63, 3.8) is 0 Å². The van der Waals surface area contributed by atoms with Gasteiger partial charge in [-0.25, -0.2) is 0 Å². The van der Waals surface area contributed by atoms with Crippen LogP contribution in [0.4, 0.5) is 5.69 Å². The van der Waals surface area contributed by atoms with Gasteiger partial charge in [0.2, 0.25) is 0 Å². The van der Waals surface area contributed by atoms with Gasteiger partial charge in [0, 0.05) is 18.8 Å². The number of ether oxygens (including phenoxy) is 1. The van der Waals surface area contributed by atoms with E-state index in [1.54, 1.807) is 6.07 Å². The van der Waals surface area contributed by atoms with E-state index < -0.39 is 0 Å². The number of nitrogen functional groups attached to an aromatic ring is 1. The molecule has 0 saturated carbocycles. The number of hydrogen-bond donors (Lipinski definition) is 2. The van der Waals surface area contributed by atoms with Crippen LogP contribution >= 0.6 is 0 Å². The molecule has 1 heterocycles. The molecule has 4 nitrogen and oxygen atoms in total. The second-order valence-electron chi connectivity index (χ2n) is 4.38. The zero-order chi connectivity index (χ0) is 12.3. The number of rotatable bonds is 3. The van der Waals surface area contributed by atoms with Crippen molar-refractivity contribution in [2.24, 2.45) is 0 Å². The number of amides is 1. The molecule has 4 heteroatoms. The summed E-state index contributed by atoms with van der Waals surface area (Å²) in [6.45, 7) is 3.25. The molecular weight excluding hydrogens is 216 g/mol. The third-order valence-electron chi connectivity index (χ3n) is 3.05. The number of aryl methyl sites for hydroxylation is 1. The first-order chi connectivity index (χ1) is 8.18. The number of carbonyl (C=O) groups is 1. The van der Waals surface area contributed by atoms with Crippen molar-refractivity contribution >= 4 is 11.6 Å². The predicted molar refractivity (Wildman–Crippen MR) is 66.9 cm³/mol. The normalized spacial score (nSPS) is 19.2. The Morgan fingerprint density at radius 1 is 1.59 bits per heavy atom. The summed E-state index contributed by atoms with van der Waals surface area (Å²) < 4.78 is 5.45. The Morgan fingerprint density at radius 2 is 2.41 bits per heavy atom. The van der Waals surface area contributed by atoms with Gasteiger partial charge in [0.1, 0.15) is 0 Å². The molecule has 0 radical (unpaired) electrons. The fraction of sp³-hybridized carbons (Fsp3) is 0.462. The van der Waals surface area contributed by atoms with Crippen LogP contribution in [0.3, 0.4) is 0 Å². The molecule has 1 aromatic carbocycles. The zero-order valence-corrected chi connectivity index (χ0v) is 10.0. The molecule has 1 fully saturated rings. The fourth-order valence-corrected chi connectivity index (χ4v) is 2.10. The first kappa shape index (κ1) is 11.9. The second-order valence-corrected chi connectivity index (χ2v) is 4.38. The summed E-state index contributed by atoms with van der Waals surface area (Å²) in [7, 11) is 0. The lowest BCUT2D eigenvalue weighted by Crippen LogP contribution is -2.32. The highest BCUT2D eigenvalue weighted by molar-refractivity contribution is 6.00. The molecule has 1 aliphatic rings. The van der Waals surface area contributed by atoms with Crippen molar-refractivity contribution in [2.75, 3.05) is 18.9 Å². The molecule has 0 spiro atoms. The van der Waals surface area contributed by atoms with Gasteiger partial charge in [-0.3, -0.25) is 4.79 Å². The van der Waals surface area contributed by atoms with E-state index in [0.717, 1.165) is 25.0 Å². The molecule has 1 aliphatic heterocycles. The van der Waals surface area contributed by atoms with Crippen molar-refractivity contribution < 1.29 is 9.53 Å². The minimum absolute atomic E-state index is 0.115. The quantitative estimate of drug-likeness (QED) is 0.779. The Bertz CT molecular complexity index is 392. The van der Waals surface area contributed by atoms with Gasteiger partial charge >= 0.3 is 0 Å². The van der Waals surface area contributed by atoms with E-state index in [0.29, 0.717) is 17.8 Å². The van der Waals surface area contributed by atoms with E-state index in [9.17, 15) is 4.79 Å². The van der Waals surface area contributed by atoms with Crippen molar-refractivity contribution in [3.05, 3.63) is 29.3 Å². The number of benzene rings is 1. The summed E-state index contributed by atoms with van der Waals surface area (Å²) in [6, 6.07) is 5.48. The third-order valence-corrected chi connectivity index (χ3v) is 3.05. The van der Waals surface area contributed by atoms with E-state index in [4.69, 9.17) is 10.5 Å². The SMILES string of the molecule is Cc1cccc(N)c1C(=O)NCC1CCCO1. The largest absolute Gasteiger partial charge is 0.398 e. The van der Waals surface area contributed by atoms with Crippen LogP contribution in [-0.4, -0.2) is 25.2 Å². The van der Waals surface area contributed by atoms with Crippen LogP contribution in [0, 0.1) is 6.92 Å². The smallest absolute Gasteiger partial charge is 0.253 e. The van der Waals surface area contributed by atoms with E-state index in [1.807, 2.05) is 19.1 Å². The molecule has 1 amide bonds. The second kappa shape index (κ2) is 5.19. The first-order valence-electron chi connectivity index (χ1n) is 5.93. The van der Waals surface area contributed by atoms with Gasteiger partial charge in [0.05, 0.1) is 11.7 Å². The van der Waals surface area contributed by atoms with E-state index in [-0.39, 0.29) is 12.0 Å². The number of anilines is 1. The number of carbonyl (C=O) groups excluding carboxylic acids is 1. The standard InChI is InChI=1S/C13H18N2O2/c1-9-4-2-6-11(14)12(9)13(16)15-8-10-5-3-7-17-10/h2,4,6,10H,3,5,7-8,14H2,1H3,(H,15,16). The van der Waals surface area contributed by atoms with Gasteiger partial charge in [0.25, 0.3) is 5.91 Å².